The number of benzene rings is 2. The van der Waals surface area contributed by atoms with E-state index in [1.807, 2.05) is 13.8 Å². The molecule has 2 aromatic carbocycles. The molecule has 0 saturated heterocycles. The molecule has 0 aromatic heterocycles. The highest BCUT2D eigenvalue weighted by Gasteiger charge is 2.12. The van der Waals surface area contributed by atoms with Gasteiger partial charge >= 0.3 is 0 Å². The van der Waals surface area contributed by atoms with Gasteiger partial charge in [-0.25, -0.2) is 8.78 Å². The van der Waals surface area contributed by atoms with Crippen molar-refractivity contribution in [3.05, 3.63) is 58.7 Å². The lowest BCUT2D eigenvalue weighted by molar-refractivity contribution is 0.621. The molecule has 2 rings (SSSR count). The zero-order valence-electron chi connectivity index (χ0n) is 11.6. The van der Waals surface area contributed by atoms with Gasteiger partial charge < -0.3 is 11.5 Å². The Labute approximate surface area is 117 Å². The number of anilines is 2. The van der Waals surface area contributed by atoms with Crippen LogP contribution < -0.4 is 11.5 Å². The molecule has 0 unspecified atom stereocenters. The summed E-state index contributed by atoms with van der Waals surface area (Å²) in [5.74, 6) is -0.664. The van der Waals surface area contributed by atoms with Gasteiger partial charge in [0.15, 0.2) is 0 Å². The van der Waals surface area contributed by atoms with Crippen LogP contribution in [0, 0.1) is 11.6 Å². The highest BCUT2D eigenvalue weighted by molar-refractivity contribution is 5.57. The van der Waals surface area contributed by atoms with E-state index in [0.29, 0.717) is 23.2 Å². The van der Waals surface area contributed by atoms with Crippen molar-refractivity contribution in [2.45, 2.75) is 26.2 Å². The maximum absolute atomic E-state index is 13.7. The molecular weight excluding hydrogens is 258 g/mol. The van der Waals surface area contributed by atoms with Crippen LogP contribution in [-0.2, 0) is 6.42 Å². The van der Waals surface area contributed by atoms with E-state index in [0.717, 1.165) is 5.56 Å². The van der Waals surface area contributed by atoms with Gasteiger partial charge in [-0.15, -0.1) is 0 Å². The standard InChI is InChI=1S/C16H18F2N2/c1-9(2)13-8-12(17)7-11(16(13)20)5-10-3-4-15(19)14(18)6-10/h3-4,6-9H,5,19-20H2,1-2H3. The largest absolute Gasteiger partial charge is 0.398 e. The molecule has 0 amide bonds. The molecule has 4 N–H and O–H groups in total. The normalized spacial score (nSPS) is 11.1. The molecule has 0 heterocycles. The van der Waals surface area contributed by atoms with E-state index in [1.165, 1.54) is 24.3 Å². The van der Waals surface area contributed by atoms with Crippen molar-refractivity contribution < 1.29 is 8.78 Å². The van der Waals surface area contributed by atoms with E-state index < -0.39 is 5.82 Å². The van der Waals surface area contributed by atoms with E-state index >= 15 is 0 Å². The topological polar surface area (TPSA) is 52.0 Å². The maximum atomic E-state index is 13.7. The zero-order valence-corrected chi connectivity index (χ0v) is 11.6. The van der Waals surface area contributed by atoms with Crippen LogP contribution >= 0.6 is 0 Å². The summed E-state index contributed by atoms with van der Waals surface area (Å²) >= 11 is 0. The van der Waals surface area contributed by atoms with Crippen LogP contribution in [0.15, 0.2) is 30.3 Å². The maximum Gasteiger partial charge on any atom is 0.146 e. The number of halogens is 2. The average Bonchev–Trinajstić information content (AvgIpc) is 2.37. The number of nitrogen functional groups attached to an aromatic ring is 2. The van der Waals surface area contributed by atoms with Gasteiger partial charge in [-0.1, -0.05) is 19.9 Å². The Bertz CT molecular complexity index is 637. The summed E-state index contributed by atoms with van der Waals surface area (Å²) in [6.07, 6.45) is 0.376. The molecule has 0 saturated carbocycles. The minimum absolute atomic E-state index is 0.101. The molecule has 0 atom stereocenters. The smallest absolute Gasteiger partial charge is 0.146 e. The predicted octanol–water partition coefficient (Wildman–Crippen LogP) is 3.84. The molecule has 0 bridgehead atoms. The van der Waals surface area contributed by atoms with Crippen molar-refractivity contribution in [2.24, 2.45) is 0 Å². The van der Waals surface area contributed by atoms with Gasteiger partial charge in [0.1, 0.15) is 11.6 Å². The van der Waals surface area contributed by atoms with Crippen molar-refractivity contribution in [3.8, 4) is 0 Å². The van der Waals surface area contributed by atoms with Gasteiger partial charge in [-0.3, -0.25) is 0 Å². The van der Waals surface area contributed by atoms with Gasteiger partial charge in [0.05, 0.1) is 5.69 Å². The fourth-order valence-electron chi connectivity index (χ4n) is 2.22. The van der Waals surface area contributed by atoms with E-state index in [4.69, 9.17) is 11.5 Å². The fraction of sp³-hybridized carbons (Fsp3) is 0.250. The Morgan fingerprint density at radius 2 is 1.75 bits per heavy atom. The lowest BCUT2D eigenvalue weighted by atomic mass is 9.94. The number of hydrogen-bond donors (Lipinski definition) is 2. The van der Waals surface area contributed by atoms with Gasteiger partial charge in [0, 0.05) is 5.69 Å². The van der Waals surface area contributed by atoms with Crippen LogP contribution in [0.2, 0.25) is 0 Å². The summed E-state index contributed by atoms with van der Waals surface area (Å²) < 4.78 is 27.1. The highest BCUT2D eigenvalue weighted by Crippen LogP contribution is 2.28. The summed E-state index contributed by atoms with van der Waals surface area (Å²) in [5.41, 5.74) is 14.3. The third-order valence-corrected chi connectivity index (χ3v) is 3.34. The molecule has 0 spiro atoms. The SMILES string of the molecule is CC(C)c1cc(F)cc(Cc2ccc(N)c(F)c2)c1N. The van der Waals surface area contributed by atoms with Crippen LogP contribution in [0.25, 0.3) is 0 Å². The van der Waals surface area contributed by atoms with Gasteiger partial charge in [-0.05, 0) is 53.3 Å². The van der Waals surface area contributed by atoms with E-state index in [2.05, 4.69) is 0 Å². The Kier molecular flexibility index (Phi) is 3.93. The second-order valence-electron chi connectivity index (χ2n) is 5.26. The quantitative estimate of drug-likeness (QED) is 0.837. The van der Waals surface area contributed by atoms with Crippen LogP contribution in [0.3, 0.4) is 0 Å². The molecule has 2 nitrogen and oxygen atoms in total. The van der Waals surface area contributed by atoms with Crippen molar-refractivity contribution in [1.29, 1.82) is 0 Å². The predicted molar refractivity (Wildman–Crippen MR) is 78.5 cm³/mol. The van der Waals surface area contributed by atoms with Crippen molar-refractivity contribution in [2.75, 3.05) is 11.5 Å². The Hall–Kier alpha value is -2.10. The third-order valence-electron chi connectivity index (χ3n) is 3.34. The zero-order chi connectivity index (χ0) is 14.9. The summed E-state index contributed by atoms with van der Waals surface area (Å²) in [6.45, 7) is 3.91. The molecule has 2 aromatic rings. The molecule has 0 aliphatic rings. The molecule has 0 aliphatic carbocycles. The van der Waals surface area contributed by atoms with Crippen LogP contribution in [-0.4, -0.2) is 0 Å². The minimum atomic E-state index is -0.471. The Morgan fingerprint density at radius 3 is 2.35 bits per heavy atom. The highest BCUT2D eigenvalue weighted by atomic mass is 19.1. The van der Waals surface area contributed by atoms with Crippen LogP contribution in [0.1, 0.15) is 36.5 Å². The molecule has 106 valence electrons. The Balaban J connectivity index is 2.40. The minimum Gasteiger partial charge on any atom is -0.398 e. The summed E-state index contributed by atoms with van der Waals surface area (Å²) in [7, 11) is 0. The summed E-state index contributed by atoms with van der Waals surface area (Å²) in [4.78, 5) is 0. The van der Waals surface area contributed by atoms with E-state index in [-0.39, 0.29) is 17.4 Å². The second kappa shape index (κ2) is 5.49. The fourth-order valence-corrected chi connectivity index (χ4v) is 2.22. The number of rotatable bonds is 3. The van der Waals surface area contributed by atoms with Gasteiger partial charge in [0.25, 0.3) is 0 Å². The molecule has 0 radical (unpaired) electrons. The summed E-state index contributed by atoms with van der Waals surface area (Å²) in [6, 6.07) is 7.43. The number of hydrogen-bond acceptors (Lipinski definition) is 2. The van der Waals surface area contributed by atoms with Gasteiger partial charge in [-0.2, -0.15) is 0 Å². The van der Waals surface area contributed by atoms with Gasteiger partial charge in [0.2, 0.25) is 0 Å². The van der Waals surface area contributed by atoms with Crippen molar-refractivity contribution in [1.82, 2.24) is 0 Å². The molecular formula is C16H18F2N2. The Morgan fingerprint density at radius 1 is 1.05 bits per heavy atom. The third kappa shape index (κ3) is 2.90. The lowest BCUT2D eigenvalue weighted by Gasteiger charge is -2.14. The first kappa shape index (κ1) is 14.3. The van der Waals surface area contributed by atoms with E-state index in [9.17, 15) is 8.78 Å². The van der Waals surface area contributed by atoms with Crippen molar-refractivity contribution >= 4 is 11.4 Å². The first-order chi connectivity index (χ1) is 9.38. The lowest BCUT2D eigenvalue weighted by Crippen LogP contribution is -2.04. The molecule has 4 heteroatoms. The van der Waals surface area contributed by atoms with E-state index in [1.54, 1.807) is 6.07 Å². The number of nitrogens with two attached hydrogens (primary N) is 2. The molecule has 0 fully saturated rings. The molecule has 0 aliphatic heterocycles. The van der Waals surface area contributed by atoms with Crippen LogP contribution in [0.4, 0.5) is 20.2 Å². The first-order valence-corrected chi connectivity index (χ1v) is 6.50. The first-order valence-electron chi connectivity index (χ1n) is 6.50. The molecule has 20 heavy (non-hydrogen) atoms. The average molecular weight is 276 g/mol. The van der Waals surface area contributed by atoms with Crippen molar-refractivity contribution in [3.63, 3.8) is 0 Å². The van der Waals surface area contributed by atoms with Crippen LogP contribution in [0.5, 0.6) is 0 Å². The second-order valence-corrected chi connectivity index (χ2v) is 5.26. The summed E-state index contributed by atoms with van der Waals surface area (Å²) in [5, 5.41) is 0. The monoisotopic (exact) mass is 276 g/mol.